The minimum absolute atomic E-state index is 0.0376. The summed E-state index contributed by atoms with van der Waals surface area (Å²) in [7, 11) is 0. The zero-order chi connectivity index (χ0) is 20.2. The van der Waals surface area contributed by atoms with Gasteiger partial charge in [-0.25, -0.2) is 0 Å². The average molecular weight is 388 g/mol. The van der Waals surface area contributed by atoms with Crippen molar-refractivity contribution in [2.24, 2.45) is 0 Å². The zero-order valence-corrected chi connectivity index (χ0v) is 16.2. The van der Waals surface area contributed by atoms with Gasteiger partial charge < -0.3 is 34.6 Å². The molecule has 1 unspecified atom stereocenters. The van der Waals surface area contributed by atoms with E-state index in [0.29, 0.717) is 25.5 Å². The van der Waals surface area contributed by atoms with Gasteiger partial charge in [0.15, 0.2) is 0 Å². The van der Waals surface area contributed by atoms with Crippen LogP contribution in [-0.2, 0) is 20.6 Å². The predicted octanol–water partition coefficient (Wildman–Crippen LogP) is -0.387. The van der Waals surface area contributed by atoms with Gasteiger partial charge in [0, 0.05) is 32.4 Å². The molecule has 1 heterocycles. The Morgan fingerprint density at radius 2 is 1.63 bits per heavy atom. The second-order valence-corrected chi connectivity index (χ2v) is 5.97. The van der Waals surface area contributed by atoms with Crippen LogP contribution in [0.4, 0.5) is 0 Å². The van der Waals surface area contributed by atoms with Gasteiger partial charge in [0.1, 0.15) is 24.4 Å². The second kappa shape index (κ2) is 13.1. The van der Waals surface area contributed by atoms with Crippen molar-refractivity contribution in [3.63, 3.8) is 0 Å². The topological polar surface area (TPSA) is 134 Å². The molecule has 0 aliphatic rings. The van der Waals surface area contributed by atoms with Crippen molar-refractivity contribution >= 4 is 0 Å². The van der Waals surface area contributed by atoms with Gasteiger partial charge in [-0.15, -0.1) is 0 Å². The molecule has 9 heteroatoms. The number of ether oxygens (including phenoxy) is 3. The monoisotopic (exact) mass is 388 g/mol. The first-order valence-electron chi connectivity index (χ1n) is 9.25. The summed E-state index contributed by atoms with van der Waals surface area (Å²) >= 11 is 0. The fourth-order valence-electron chi connectivity index (χ4n) is 2.57. The molecule has 27 heavy (non-hydrogen) atoms. The quantitative estimate of drug-likeness (QED) is 0.336. The highest BCUT2D eigenvalue weighted by atomic mass is 16.5. The van der Waals surface area contributed by atoms with Crippen molar-refractivity contribution in [3.05, 3.63) is 23.8 Å². The van der Waals surface area contributed by atoms with E-state index in [4.69, 9.17) is 14.2 Å². The minimum Gasteiger partial charge on any atom is -0.394 e. The van der Waals surface area contributed by atoms with Gasteiger partial charge >= 0.3 is 0 Å². The Balaban J connectivity index is 2.77. The van der Waals surface area contributed by atoms with E-state index in [0.717, 1.165) is 0 Å². The molecule has 9 nitrogen and oxygen atoms in total. The maximum Gasteiger partial charge on any atom is 0.126 e. The maximum absolute atomic E-state index is 10.5. The van der Waals surface area contributed by atoms with Crippen LogP contribution < -0.4 is 0 Å². The lowest BCUT2D eigenvalue weighted by molar-refractivity contribution is -0.119. The molecule has 0 aromatic carbocycles. The first kappa shape index (κ1) is 23.8. The standard InChI is InChI=1S/C18H32N2O7/c1-4-25-11-15(23)18(27-6-3)17(24)13-9-19-12(8-20-13)7-14(22)16(10-21)26-5-2/h8-9,14-18,21-24H,4-7,10-11H2,1-3H3/t14-,15-,16-,17?,18+/m0/s1. The van der Waals surface area contributed by atoms with Gasteiger partial charge in [0.25, 0.3) is 0 Å². The molecule has 0 amide bonds. The largest absolute Gasteiger partial charge is 0.394 e. The highest BCUT2D eigenvalue weighted by molar-refractivity contribution is 5.08. The summed E-state index contributed by atoms with van der Waals surface area (Å²) in [5.74, 6) is 0. The van der Waals surface area contributed by atoms with Crippen molar-refractivity contribution < 1.29 is 34.6 Å². The van der Waals surface area contributed by atoms with Gasteiger partial charge in [-0.2, -0.15) is 0 Å². The van der Waals surface area contributed by atoms with Crippen LogP contribution in [0.15, 0.2) is 12.4 Å². The van der Waals surface area contributed by atoms with E-state index >= 15 is 0 Å². The smallest absolute Gasteiger partial charge is 0.126 e. The molecule has 1 rings (SSSR count). The summed E-state index contributed by atoms with van der Waals surface area (Å²) < 4.78 is 15.9. The fraction of sp³-hybridized carbons (Fsp3) is 0.778. The summed E-state index contributed by atoms with van der Waals surface area (Å²) in [5.41, 5.74) is 0.727. The van der Waals surface area contributed by atoms with Crippen molar-refractivity contribution in [2.45, 2.75) is 57.7 Å². The van der Waals surface area contributed by atoms with Crippen LogP contribution in [0.25, 0.3) is 0 Å². The van der Waals surface area contributed by atoms with E-state index in [1.54, 1.807) is 13.8 Å². The van der Waals surface area contributed by atoms with Gasteiger partial charge in [0.05, 0.1) is 36.9 Å². The van der Waals surface area contributed by atoms with Gasteiger partial charge in [-0.1, -0.05) is 0 Å². The Hall–Kier alpha value is -1.20. The Kier molecular flexibility index (Phi) is 11.5. The number of rotatable bonds is 14. The minimum atomic E-state index is -1.18. The lowest BCUT2D eigenvalue weighted by Gasteiger charge is -2.27. The summed E-state index contributed by atoms with van der Waals surface area (Å²) in [6, 6.07) is 0. The summed E-state index contributed by atoms with van der Waals surface area (Å²) in [5, 5.41) is 40.1. The number of aliphatic hydroxyl groups is 4. The van der Waals surface area contributed by atoms with Crippen molar-refractivity contribution in [3.8, 4) is 0 Å². The molecule has 0 spiro atoms. The molecular weight excluding hydrogens is 356 g/mol. The average Bonchev–Trinajstić information content (AvgIpc) is 2.68. The first-order chi connectivity index (χ1) is 13.0. The van der Waals surface area contributed by atoms with Crippen LogP contribution in [0, 0.1) is 0 Å². The molecule has 1 aromatic rings. The second-order valence-electron chi connectivity index (χ2n) is 5.97. The van der Waals surface area contributed by atoms with E-state index in [9.17, 15) is 20.4 Å². The van der Waals surface area contributed by atoms with Crippen LogP contribution in [0.1, 0.15) is 38.3 Å². The van der Waals surface area contributed by atoms with Gasteiger partial charge in [-0.3, -0.25) is 9.97 Å². The first-order valence-corrected chi connectivity index (χ1v) is 9.25. The molecule has 1 aromatic heterocycles. The van der Waals surface area contributed by atoms with Crippen LogP contribution in [-0.4, -0.2) is 87.8 Å². The van der Waals surface area contributed by atoms with Crippen molar-refractivity contribution in [1.82, 2.24) is 9.97 Å². The van der Waals surface area contributed by atoms with Gasteiger partial charge in [-0.05, 0) is 20.8 Å². The summed E-state index contributed by atoms with van der Waals surface area (Å²) in [4.78, 5) is 8.36. The molecule has 5 atom stereocenters. The van der Waals surface area contributed by atoms with E-state index in [2.05, 4.69) is 9.97 Å². The van der Waals surface area contributed by atoms with Crippen LogP contribution in [0.3, 0.4) is 0 Å². The number of aromatic nitrogens is 2. The third-order valence-electron chi connectivity index (χ3n) is 3.98. The Morgan fingerprint density at radius 3 is 2.15 bits per heavy atom. The lowest BCUT2D eigenvalue weighted by atomic mass is 10.1. The molecule has 4 N–H and O–H groups in total. The van der Waals surface area contributed by atoms with Crippen molar-refractivity contribution in [1.29, 1.82) is 0 Å². The molecule has 0 aliphatic heterocycles. The van der Waals surface area contributed by atoms with E-state index in [-0.39, 0.29) is 25.3 Å². The van der Waals surface area contributed by atoms with E-state index < -0.39 is 30.5 Å². The number of nitrogens with zero attached hydrogens (tertiary/aromatic N) is 2. The van der Waals surface area contributed by atoms with E-state index in [1.165, 1.54) is 12.4 Å². The molecule has 0 fully saturated rings. The van der Waals surface area contributed by atoms with Gasteiger partial charge in [0.2, 0.25) is 0 Å². The summed E-state index contributed by atoms with van der Waals surface area (Å²) in [6.45, 7) is 6.22. The van der Waals surface area contributed by atoms with Crippen LogP contribution in [0.2, 0.25) is 0 Å². The lowest BCUT2D eigenvalue weighted by Crippen LogP contribution is -2.38. The molecule has 0 radical (unpaired) electrons. The predicted molar refractivity (Wildman–Crippen MR) is 97.1 cm³/mol. The molecule has 0 saturated carbocycles. The highest BCUT2D eigenvalue weighted by Gasteiger charge is 2.30. The van der Waals surface area contributed by atoms with Crippen LogP contribution in [0.5, 0.6) is 0 Å². The number of hydrogen-bond acceptors (Lipinski definition) is 9. The number of aliphatic hydroxyl groups excluding tert-OH is 4. The third kappa shape index (κ3) is 7.74. The Morgan fingerprint density at radius 1 is 0.926 bits per heavy atom. The molecule has 0 bridgehead atoms. The van der Waals surface area contributed by atoms with E-state index in [1.807, 2.05) is 6.92 Å². The number of hydrogen-bond donors (Lipinski definition) is 4. The van der Waals surface area contributed by atoms with Crippen molar-refractivity contribution in [2.75, 3.05) is 33.0 Å². The molecule has 0 saturated heterocycles. The van der Waals surface area contributed by atoms with Crippen LogP contribution >= 0.6 is 0 Å². The fourth-order valence-corrected chi connectivity index (χ4v) is 2.57. The highest BCUT2D eigenvalue weighted by Crippen LogP contribution is 2.20. The SMILES string of the molecule is CCOC[C@H](O)[C@@H](OCC)C(O)c1cnc(C[C@H](O)[C@H](CO)OCC)cn1. The Labute approximate surface area is 159 Å². The summed E-state index contributed by atoms with van der Waals surface area (Å²) in [6.07, 6.45) is -1.76. The molecular formula is C18H32N2O7. The normalized spacial score (nSPS) is 17.3. The third-order valence-corrected chi connectivity index (χ3v) is 3.98. The zero-order valence-electron chi connectivity index (χ0n) is 16.2. The molecule has 0 aliphatic carbocycles. The Bertz CT molecular complexity index is 503. The maximum atomic E-state index is 10.5. The molecule has 156 valence electrons.